The zero-order valence-electron chi connectivity index (χ0n) is 16.9. The molecule has 148 valence electrons. The van der Waals surface area contributed by atoms with Crippen molar-refractivity contribution in [3.63, 3.8) is 0 Å². The van der Waals surface area contributed by atoms with Crippen LogP contribution in [0.2, 0.25) is 0 Å². The molecule has 0 radical (unpaired) electrons. The Balaban J connectivity index is 1.40. The lowest BCUT2D eigenvalue weighted by Crippen LogP contribution is -2.38. The molecule has 3 aromatic rings. The van der Waals surface area contributed by atoms with Gasteiger partial charge in [0, 0.05) is 46.2 Å². The van der Waals surface area contributed by atoms with Crippen molar-refractivity contribution >= 4 is 16.6 Å². The lowest BCUT2D eigenvalue weighted by molar-refractivity contribution is 0.104. The van der Waals surface area contributed by atoms with Crippen molar-refractivity contribution in [1.82, 2.24) is 9.88 Å². The van der Waals surface area contributed by atoms with Crippen LogP contribution in [-0.2, 0) is 0 Å². The largest absolute Gasteiger partial charge is 0.493 e. The highest BCUT2D eigenvalue weighted by atomic mass is 16.5. The monoisotopic (exact) mass is 386 g/mol. The van der Waals surface area contributed by atoms with Gasteiger partial charge in [-0.15, -0.1) is 0 Å². The highest BCUT2D eigenvalue weighted by Crippen LogP contribution is 2.40. The number of rotatable bonds is 5. The summed E-state index contributed by atoms with van der Waals surface area (Å²) in [4.78, 5) is 20.2. The quantitative estimate of drug-likeness (QED) is 0.448. The van der Waals surface area contributed by atoms with E-state index in [9.17, 15) is 4.79 Å². The molecule has 29 heavy (non-hydrogen) atoms. The van der Waals surface area contributed by atoms with Gasteiger partial charge in [0.25, 0.3) is 0 Å². The number of hydrogen-bond acceptors (Lipinski definition) is 4. The Hall–Kier alpha value is -2.72. The van der Waals surface area contributed by atoms with Gasteiger partial charge in [0.15, 0.2) is 5.78 Å². The van der Waals surface area contributed by atoms with Crippen LogP contribution in [-0.4, -0.2) is 41.4 Å². The standard InChI is InChI=1S/C25H26N2O2/c1-17-7-4-5-14-27(17)15-6-16-29-22-11-10-21-23-20(22)12-13-26-24(23)18-8-2-3-9-19(18)25(21)28/h2-3,8-13,17H,4-7,14-16H2,1H3. The zero-order valence-corrected chi connectivity index (χ0v) is 16.9. The minimum atomic E-state index is 0.0664. The Morgan fingerprint density at radius 3 is 2.79 bits per heavy atom. The van der Waals surface area contributed by atoms with Crippen LogP contribution in [0.4, 0.5) is 0 Å². The van der Waals surface area contributed by atoms with Crippen molar-refractivity contribution in [3.8, 4) is 17.0 Å². The van der Waals surface area contributed by atoms with Crippen molar-refractivity contribution in [2.24, 2.45) is 0 Å². The van der Waals surface area contributed by atoms with E-state index >= 15 is 0 Å². The van der Waals surface area contributed by atoms with Crippen LogP contribution >= 0.6 is 0 Å². The number of carbonyl (C=O) groups is 1. The summed E-state index contributed by atoms with van der Waals surface area (Å²) in [6.07, 6.45) is 6.79. The van der Waals surface area contributed by atoms with E-state index in [2.05, 4.69) is 16.8 Å². The molecule has 0 saturated carbocycles. The Bertz CT molecular complexity index is 1080. The van der Waals surface area contributed by atoms with Crippen LogP contribution in [0.25, 0.3) is 22.0 Å². The van der Waals surface area contributed by atoms with E-state index in [1.54, 1.807) is 0 Å². The predicted octanol–water partition coefficient (Wildman–Crippen LogP) is 5.09. The van der Waals surface area contributed by atoms with E-state index in [-0.39, 0.29) is 5.78 Å². The Morgan fingerprint density at radius 2 is 1.93 bits per heavy atom. The average Bonchev–Trinajstić information content (AvgIpc) is 2.76. The van der Waals surface area contributed by atoms with Gasteiger partial charge in [-0.2, -0.15) is 0 Å². The van der Waals surface area contributed by atoms with Crippen LogP contribution in [0.3, 0.4) is 0 Å². The number of benzene rings is 2. The van der Waals surface area contributed by atoms with Crippen molar-refractivity contribution in [2.75, 3.05) is 19.7 Å². The highest BCUT2D eigenvalue weighted by Gasteiger charge is 2.26. The van der Waals surface area contributed by atoms with Crippen LogP contribution < -0.4 is 4.74 Å². The summed E-state index contributed by atoms with van der Waals surface area (Å²) in [6.45, 7) is 5.29. The first-order valence-corrected chi connectivity index (χ1v) is 10.7. The normalized spacial score (nSPS) is 18.7. The Morgan fingerprint density at radius 1 is 1.07 bits per heavy atom. The van der Waals surface area contributed by atoms with E-state index in [1.165, 1.54) is 25.8 Å². The summed E-state index contributed by atoms with van der Waals surface area (Å²) < 4.78 is 6.18. The van der Waals surface area contributed by atoms with Gasteiger partial charge in [0.1, 0.15) is 5.75 Å². The van der Waals surface area contributed by atoms with Crippen molar-refractivity contribution in [2.45, 2.75) is 38.6 Å². The van der Waals surface area contributed by atoms with Gasteiger partial charge >= 0.3 is 0 Å². The molecule has 0 bridgehead atoms. The molecular formula is C25H26N2O2. The second-order valence-corrected chi connectivity index (χ2v) is 8.15. The van der Waals surface area contributed by atoms with Gasteiger partial charge in [-0.25, -0.2) is 0 Å². The molecule has 4 nitrogen and oxygen atoms in total. The molecule has 1 aliphatic carbocycles. The number of pyridine rings is 1. The fourth-order valence-corrected chi connectivity index (χ4v) is 4.76. The number of nitrogens with zero attached hydrogens (tertiary/aromatic N) is 2. The maximum atomic E-state index is 13.0. The molecule has 2 aliphatic rings. The van der Waals surface area contributed by atoms with Crippen LogP contribution in [0.15, 0.2) is 48.7 Å². The van der Waals surface area contributed by atoms with Gasteiger partial charge in [-0.1, -0.05) is 30.7 Å². The number of piperidine rings is 1. The summed E-state index contributed by atoms with van der Waals surface area (Å²) in [5, 5.41) is 1.89. The number of ether oxygens (including phenoxy) is 1. The van der Waals surface area contributed by atoms with Crippen molar-refractivity contribution in [3.05, 3.63) is 59.8 Å². The molecule has 2 aromatic carbocycles. The predicted molar refractivity (Wildman–Crippen MR) is 116 cm³/mol. The second kappa shape index (κ2) is 7.60. The first-order valence-electron chi connectivity index (χ1n) is 10.7. The molecule has 5 rings (SSSR count). The molecule has 2 heterocycles. The summed E-state index contributed by atoms with van der Waals surface area (Å²) in [7, 11) is 0. The molecular weight excluding hydrogens is 360 g/mol. The molecule has 1 atom stereocenters. The molecule has 0 spiro atoms. The number of ketones is 1. The van der Waals surface area contributed by atoms with Gasteiger partial charge < -0.3 is 9.64 Å². The SMILES string of the molecule is CC1CCCCN1CCCOc1ccc2c3c(nccc13)-c1ccccc1C2=O. The molecule has 1 unspecified atom stereocenters. The smallest absolute Gasteiger partial charge is 0.194 e. The maximum Gasteiger partial charge on any atom is 0.194 e. The van der Waals surface area contributed by atoms with Crippen LogP contribution in [0, 0.1) is 0 Å². The van der Waals surface area contributed by atoms with E-state index in [1.807, 2.05) is 48.7 Å². The fourth-order valence-electron chi connectivity index (χ4n) is 4.76. The first kappa shape index (κ1) is 18.3. The topological polar surface area (TPSA) is 42.4 Å². The van der Waals surface area contributed by atoms with E-state index in [0.717, 1.165) is 51.9 Å². The lowest BCUT2D eigenvalue weighted by atomic mass is 9.85. The molecule has 0 N–H and O–H groups in total. The Labute approximate surface area is 171 Å². The third kappa shape index (κ3) is 3.22. The number of likely N-dealkylation sites (tertiary alicyclic amines) is 1. The highest BCUT2D eigenvalue weighted by molar-refractivity contribution is 6.25. The Kier molecular flexibility index (Phi) is 4.80. The number of hydrogen-bond donors (Lipinski definition) is 0. The van der Waals surface area contributed by atoms with Crippen molar-refractivity contribution in [1.29, 1.82) is 0 Å². The summed E-state index contributed by atoms with van der Waals surface area (Å²) >= 11 is 0. The molecule has 1 saturated heterocycles. The van der Waals surface area contributed by atoms with Gasteiger partial charge in [-0.05, 0) is 50.9 Å². The van der Waals surface area contributed by atoms with Crippen LogP contribution in [0.1, 0.15) is 48.5 Å². The number of aromatic nitrogens is 1. The summed E-state index contributed by atoms with van der Waals surface area (Å²) in [6, 6.07) is 14.2. The molecule has 0 amide bonds. The maximum absolute atomic E-state index is 13.0. The van der Waals surface area contributed by atoms with Gasteiger partial charge in [0.05, 0.1) is 12.3 Å². The first-order chi connectivity index (χ1) is 14.2. The molecule has 4 heteroatoms. The van der Waals surface area contributed by atoms with E-state index in [0.29, 0.717) is 12.6 Å². The fraction of sp³-hybridized carbons (Fsp3) is 0.360. The minimum absolute atomic E-state index is 0.0664. The second-order valence-electron chi connectivity index (χ2n) is 8.15. The lowest BCUT2D eigenvalue weighted by Gasteiger charge is -2.33. The van der Waals surface area contributed by atoms with Gasteiger partial charge in [-0.3, -0.25) is 9.78 Å². The minimum Gasteiger partial charge on any atom is -0.493 e. The van der Waals surface area contributed by atoms with E-state index in [4.69, 9.17) is 4.74 Å². The van der Waals surface area contributed by atoms with Crippen LogP contribution in [0.5, 0.6) is 5.75 Å². The van der Waals surface area contributed by atoms with Gasteiger partial charge in [0.2, 0.25) is 0 Å². The number of carbonyl (C=O) groups excluding carboxylic acids is 1. The summed E-state index contributed by atoms with van der Waals surface area (Å²) in [5.41, 5.74) is 3.23. The zero-order chi connectivity index (χ0) is 19.8. The van der Waals surface area contributed by atoms with E-state index < -0.39 is 0 Å². The molecule has 1 fully saturated rings. The molecule has 1 aliphatic heterocycles. The number of fused-ring (bicyclic) bond motifs is 2. The van der Waals surface area contributed by atoms with Crippen molar-refractivity contribution < 1.29 is 9.53 Å². The average molecular weight is 386 g/mol. The molecule has 1 aromatic heterocycles. The third-order valence-electron chi connectivity index (χ3n) is 6.35. The summed E-state index contributed by atoms with van der Waals surface area (Å²) in [5.74, 6) is 0.906. The third-order valence-corrected chi connectivity index (χ3v) is 6.35.